The molecule has 0 spiro atoms. The topological polar surface area (TPSA) is 91.8 Å². The minimum absolute atomic E-state index is 0.272. The predicted octanol–water partition coefficient (Wildman–Crippen LogP) is 3.42. The number of guanidine groups is 1. The Hall–Kier alpha value is -3.48. The second-order valence-electron chi connectivity index (χ2n) is 6.08. The summed E-state index contributed by atoms with van der Waals surface area (Å²) in [7, 11) is 0. The SMILES string of the molecule is CCNC(=NCc1ccc(NC(=O)c2ccco2)cc1)NCCc1ccco1. The summed E-state index contributed by atoms with van der Waals surface area (Å²) < 4.78 is 10.4. The molecule has 146 valence electrons. The van der Waals surface area contributed by atoms with E-state index in [1.807, 2.05) is 43.3 Å². The van der Waals surface area contributed by atoms with Gasteiger partial charge in [-0.1, -0.05) is 12.1 Å². The molecule has 0 radical (unpaired) electrons. The maximum absolute atomic E-state index is 12.0. The van der Waals surface area contributed by atoms with Gasteiger partial charge in [0.1, 0.15) is 5.76 Å². The summed E-state index contributed by atoms with van der Waals surface area (Å²) in [5.41, 5.74) is 1.75. The number of aliphatic imine (C=N–C) groups is 1. The molecular weight excluding hydrogens is 356 g/mol. The van der Waals surface area contributed by atoms with Crippen molar-refractivity contribution in [1.29, 1.82) is 0 Å². The molecule has 1 amide bonds. The van der Waals surface area contributed by atoms with Crippen LogP contribution in [-0.2, 0) is 13.0 Å². The monoisotopic (exact) mass is 380 g/mol. The maximum atomic E-state index is 12.0. The molecule has 0 saturated heterocycles. The first-order valence-corrected chi connectivity index (χ1v) is 9.23. The van der Waals surface area contributed by atoms with E-state index in [2.05, 4.69) is 20.9 Å². The molecule has 3 rings (SSSR count). The Bertz CT molecular complexity index is 869. The number of benzene rings is 1. The molecule has 0 bridgehead atoms. The van der Waals surface area contributed by atoms with Crippen LogP contribution >= 0.6 is 0 Å². The fourth-order valence-corrected chi connectivity index (χ4v) is 2.56. The van der Waals surface area contributed by atoms with E-state index in [0.717, 1.165) is 36.8 Å². The highest BCUT2D eigenvalue weighted by Crippen LogP contribution is 2.12. The van der Waals surface area contributed by atoms with Crippen molar-refractivity contribution in [2.45, 2.75) is 19.9 Å². The highest BCUT2D eigenvalue weighted by molar-refractivity contribution is 6.02. The second kappa shape index (κ2) is 10.0. The maximum Gasteiger partial charge on any atom is 0.291 e. The lowest BCUT2D eigenvalue weighted by Gasteiger charge is -2.11. The van der Waals surface area contributed by atoms with Gasteiger partial charge < -0.3 is 24.8 Å². The molecule has 0 aliphatic carbocycles. The van der Waals surface area contributed by atoms with Crippen LogP contribution in [0.25, 0.3) is 0 Å². The molecule has 0 saturated carbocycles. The molecule has 3 N–H and O–H groups in total. The zero-order valence-corrected chi connectivity index (χ0v) is 15.8. The number of hydrogen-bond donors (Lipinski definition) is 3. The van der Waals surface area contributed by atoms with E-state index in [0.29, 0.717) is 12.2 Å². The number of nitrogens with zero attached hydrogens (tertiary/aromatic N) is 1. The number of furan rings is 2. The Morgan fingerprint density at radius 3 is 2.46 bits per heavy atom. The zero-order chi connectivity index (χ0) is 19.6. The molecule has 2 aromatic heterocycles. The summed E-state index contributed by atoms with van der Waals surface area (Å²) in [6.45, 7) is 4.07. The Morgan fingerprint density at radius 2 is 1.79 bits per heavy atom. The summed E-state index contributed by atoms with van der Waals surface area (Å²) in [6, 6.07) is 14.7. The van der Waals surface area contributed by atoms with Crippen LogP contribution in [0, 0.1) is 0 Å². The molecular formula is C21H24N4O3. The van der Waals surface area contributed by atoms with E-state index in [9.17, 15) is 4.79 Å². The van der Waals surface area contributed by atoms with Gasteiger partial charge >= 0.3 is 0 Å². The van der Waals surface area contributed by atoms with Crippen molar-refractivity contribution in [3.63, 3.8) is 0 Å². The quantitative estimate of drug-likeness (QED) is 0.411. The van der Waals surface area contributed by atoms with E-state index in [1.54, 1.807) is 18.4 Å². The van der Waals surface area contributed by atoms with Gasteiger partial charge in [0.25, 0.3) is 5.91 Å². The third-order valence-corrected chi connectivity index (χ3v) is 3.96. The van der Waals surface area contributed by atoms with Gasteiger partial charge in [-0.3, -0.25) is 4.79 Å². The summed E-state index contributed by atoms with van der Waals surface area (Å²) in [4.78, 5) is 16.6. The Kier molecular flexibility index (Phi) is 6.89. The van der Waals surface area contributed by atoms with Crippen LogP contribution < -0.4 is 16.0 Å². The lowest BCUT2D eigenvalue weighted by molar-refractivity contribution is 0.0996. The van der Waals surface area contributed by atoms with Gasteiger partial charge in [-0.05, 0) is 48.9 Å². The first kappa shape index (κ1) is 19.3. The van der Waals surface area contributed by atoms with Crippen molar-refractivity contribution in [2.75, 3.05) is 18.4 Å². The minimum atomic E-state index is -0.272. The zero-order valence-electron chi connectivity index (χ0n) is 15.8. The average molecular weight is 380 g/mol. The van der Waals surface area contributed by atoms with E-state index in [-0.39, 0.29) is 11.7 Å². The molecule has 0 unspecified atom stereocenters. The first-order valence-electron chi connectivity index (χ1n) is 9.23. The second-order valence-corrected chi connectivity index (χ2v) is 6.08. The number of nitrogens with one attached hydrogen (secondary N) is 3. The number of anilines is 1. The van der Waals surface area contributed by atoms with Gasteiger partial charge in [0, 0.05) is 25.2 Å². The van der Waals surface area contributed by atoms with Crippen molar-refractivity contribution in [2.24, 2.45) is 4.99 Å². The Labute approximate surface area is 163 Å². The molecule has 1 aromatic carbocycles. The molecule has 7 nitrogen and oxygen atoms in total. The van der Waals surface area contributed by atoms with Crippen molar-refractivity contribution in [3.05, 3.63) is 78.1 Å². The predicted molar refractivity (Wildman–Crippen MR) is 108 cm³/mol. The Morgan fingerprint density at radius 1 is 1.00 bits per heavy atom. The fourth-order valence-electron chi connectivity index (χ4n) is 2.56. The van der Waals surface area contributed by atoms with Gasteiger partial charge in [0.05, 0.1) is 19.1 Å². The Balaban J connectivity index is 1.51. The summed E-state index contributed by atoms with van der Waals surface area (Å²) in [5.74, 6) is 1.70. The van der Waals surface area contributed by atoms with Gasteiger partial charge in [0.15, 0.2) is 11.7 Å². The third kappa shape index (κ3) is 5.77. The van der Waals surface area contributed by atoms with Gasteiger partial charge in [-0.25, -0.2) is 4.99 Å². The van der Waals surface area contributed by atoms with Crippen molar-refractivity contribution in [1.82, 2.24) is 10.6 Å². The average Bonchev–Trinajstić information content (AvgIpc) is 3.41. The molecule has 0 aliphatic heterocycles. The summed E-state index contributed by atoms with van der Waals surface area (Å²) in [6.07, 6.45) is 3.94. The number of rotatable bonds is 8. The van der Waals surface area contributed by atoms with Crippen LogP contribution in [0.2, 0.25) is 0 Å². The lowest BCUT2D eigenvalue weighted by Crippen LogP contribution is -2.38. The molecule has 0 fully saturated rings. The van der Waals surface area contributed by atoms with Crippen LogP contribution in [0.1, 0.15) is 28.8 Å². The van der Waals surface area contributed by atoms with E-state index < -0.39 is 0 Å². The third-order valence-electron chi connectivity index (χ3n) is 3.96. The van der Waals surface area contributed by atoms with Crippen LogP contribution in [0.5, 0.6) is 0 Å². The van der Waals surface area contributed by atoms with Crippen LogP contribution in [0.4, 0.5) is 5.69 Å². The van der Waals surface area contributed by atoms with E-state index in [1.165, 1.54) is 6.26 Å². The fraction of sp³-hybridized carbons (Fsp3) is 0.238. The van der Waals surface area contributed by atoms with Gasteiger partial charge in [0.2, 0.25) is 0 Å². The van der Waals surface area contributed by atoms with Crippen molar-refractivity contribution < 1.29 is 13.6 Å². The minimum Gasteiger partial charge on any atom is -0.469 e. The first-order chi connectivity index (χ1) is 13.7. The standard InChI is InChI=1S/C21H24N4O3/c1-2-22-21(23-12-11-18-5-3-13-27-18)24-15-16-7-9-17(10-8-16)25-20(26)19-6-4-14-28-19/h3-10,13-14H,2,11-12,15H2,1H3,(H,25,26)(H2,22,23,24). The van der Waals surface area contributed by atoms with Crippen LogP contribution in [-0.4, -0.2) is 25.0 Å². The molecule has 28 heavy (non-hydrogen) atoms. The number of carbonyl (C=O) groups is 1. The van der Waals surface area contributed by atoms with Crippen molar-refractivity contribution >= 4 is 17.6 Å². The molecule has 0 atom stereocenters. The summed E-state index contributed by atoms with van der Waals surface area (Å²) >= 11 is 0. The molecule has 3 aromatic rings. The smallest absolute Gasteiger partial charge is 0.291 e. The van der Waals surface area contributed by atoms with E-state index >= 15 is 0 Å². The van der Waals surface area contributed by atoms with Crippen LogP contribution in [0.3, 0.4) is 0 Å². The molecule has 2 heterocycles. The molecule has 7 heteroatoms. The normalized spacial score (nSPS) is 11.2. The van der Waals surface area contributed by atoms with Crippen molar-refractivity contribution in [3.8, 4) is 0 Å². The van der Waals surface area contributed by atoms with Crippen LogP contribution in [0.15, 0.2) is 74.9 Å². The number of amides is 1. The summed E-state index contributed by atoms with van der Waals surface area (Å²) in [5, 5.41) is 9.32. The molecule has 0 aliphatic rings. The number of hydrogen-bond acceptors (Lipinski definition) is 4. The van der Waals surface area contributed by atoms with E-state index in [4.69, 9.17) is 8.83 Å². The van der Waals surface area contributed by atoms with Gasteiger partial charge in [-0.2, -0.15) is 0 Å². The highest BCUT2D eigenvalue weighted by Gasteiger charge is 2.08. The largest absolute Gasteiger partial charge is 0.469 e. The highest BCUT2D eigenvalue weighted by atomic mass is 16.3. The number of carbonyl (C=O) groups excluding carboxylic acids is 1. The van der Waals surface area contributed by atoms with Gasteiger partial charge in [-0.15, -0.1) is 0 Å². The lowest BCUT2D eigenvalue weighted by atomic mass is 10.2.